The Hall–Kier alpha value is -1.61. The first-order valence-electron chi connectivity index (χ1n) is 6.63. The van der Waals surface area contributed by atoms with Gasteiger partial charge in [-0.15, -0.1) is 0 Å². The van der Waals surface area contributed by atoms with Crippen molar-refractivity contribution in [3.63, 3.8) is 0 Å². The average molecular weight is 241 g/mol. The summed E-state index contributed by atoms with van der Waals surface area (Å²) in [7, 11) is 2.09. The number of imidazole rings is 1. The third-order valence-corrected chi connectivity index (χ3v) is 3.70. The molecular formula is C15H19N3. The van der Waals surface area contributed by atoms with Crippen molar-refractivity contribution in [2.45, 2.75) is 31.8 Å². The van der Waals surface area contributed by atoms with E-state index in [2.05, 4.69) is 52.3 Å². The van der Waals surface area contributed by atoms with Crippen LogP contribution in [-0.2, 0) is 13.6 Å². The van der Waals surface area contributed by atoms with Crippen molar-refractivity contribution in [1.82, 2.24) is 14.9 Å². The van der Waals surface area contributed by atoms with Crippen LogP contribution >= 0.6 is 0 Å². The number of fused-ring (bicyclic) bond motifs is 1. The second kappa shape index (κ2) is 4.94. The highest BCUT2D eigenvalue weighted by Crippen LogP contribution is 2.15. The number of benzene rings is 1. The van der Waals surface area contributed by atoms with E-state index in [-0.39, 0.29) is 0 Å². The molecule has 0 bridgehead atoms. The molecule has 0 radical (unpaired) electrons. The molecular weight excluding hydrogens is 222 g/mol. The monoisotopic (exact) mass is 241 g/mol. The molecule has 0 saturated heterocycles. The van der Waals surface area contributed by atoms with Gasteiger partial charge >= 0.3 is 0 Å². The van der Waals surface area contributed by atoms with Crippen LogP contribution in [0.4, 0.5) is 0 Å². The third-order valence-electron chi connectivity index (χ3n) is 3.70. The van der Waals surface area contributed by atoms with E-state index in [0.717, 1.165) is 24.3 Å². The lowest BCUT2D eigenvalue weighted by Crippen LogP contribution is -2.30. The number of aryl methyl sites for hydroxylation is 1. The molecule has 3 rings (SSSR count). The molecule has 0 aliphatic heterocycles. The van der Waals surface area contributed by atoms with E-state index >= 15 is 0 Å². The number of para-hydroxylation sites is 2. The number of hydrogen-bond donors (Lipinski definition) is 1. The molecule has 1 N–H and O–H groups in total. The molecule has 3 nitrogen and oxygen atoms in total. The maximum absolute atomic E-state index is 4.68. The Labute approximate surface area is 108 Å². The van der Waals surface area contributed by atoms with Crippen LogP contribution in [0.3, 0.4) is 0 Å². The number of hydrogen-bond acceptors (Lipinski definition) is 2. The summed E-state index contributed by atoms with van der Waals surface area (Å²) >= 11 is 0. The normalized spacial score (nSPS) is 19.5. The Kier molecular flexibility index (Phi) is 3.15. The lowest BCUT2D eigenvalue weighted by Gasteiger charge is -2.19. The molecule has 0 amide bonds. The number of allylic oxidation sites excluding steroid dienone is 1. The minimum absolute atomic E-state index is 0.606. The van der Waals surface area contributed by atoms with Crippen LogP contribution in [0, 0.1) is 0 Å². The largest absolute Gasteiger partial charge is 0.330 e. The van der Waals surface area contributed by atoms with Gasteiger partial charge in [-0.05, 0) is 31.4 Å². The molecule has 1 heterocycles. The summed E-state index contributed by atoms with van der Waals surface area (Å²) in [6.07, 6.45) is 8.12. The molecule has 1 unspecified atom stereocenters. The molecule has 0 fully saturated rings. The fourth-order valence-corrected chi connectivity index (χ4v) is 2.57. The van der Waals surface area contributed by atoms with Crippen molar-refractivity contribution in [1.29, 1.82) is 0 Å². The Balaban J connectivity index is 1.74. The summed E-state index contributed by atoms with van der Waals surface area (Å²) in [6, 6.07) is 8.90. The van der Waals surface area contributed by atoms with E-state index in [1.165, 1.54) is 18.4 Å². The molecule has 94 valence electrons. The molecule has 0 saturated carbocycles. The summed E-state index contributed by atoms with van der Waals surface area (Å²) in [5.41, 5.74) is 2.29. The van der Waals surface area contributed by atoms with Gasteiger partial charge in [0, 0.05) is 13.1 Å². The van der Waals surface area contributed by atoms with Gasteiger partial charge in [0.1, 0.15) is 5.82 Å². The van der Waals surface area contributed by atoms with Gasteiger partial charge in [-0.2, -0.15) is 0 Å². The third kappa shape index (κ3) is 2.18. The van der Waals surface area contributed by atoms with Crippen LogP contribution in [-0.4, -0.2) is 15.6 Å². The quantitative estimate of drug-likeness (QED) is 0.837. The highest BCUT2D eigenvalue weighted by molar-refractivity contribution is 5.75. The first-order valence-corrected chi connectivity index (χ1v) is 6.63. The lowest BCUT2D eigenvalue weighted by atomic mass is 10.0. The highest BCUT2D eigenvalue weighted by atomic mass is 15.1. The zero-order valence-electron chi connectivity index (χ0n) is 10.8. The van der Waals surface area contributed by atoms with Crippen LogP contribution in [0.5, 0.6) is 0 Å². The number of nitrogens with one attached hydrogen (secondary N) is 1. The maximum Gasteiger partial charge on any atom is 0.123 e. The summed E-state index contributed by atoms with van der Waals surface area (Å²) < 4.78 is 2.18. The van der Waals surface area contributed by atoms with Gasteiger partial charge in [-0.3, -0.25) is 0 Å². The topological polar surface area (TPSA) is 29.9 Å². The van der Waals surface area contributed by atoms with E-state index < -0.39 is 0 Å². The second-order valence-electron chi connectivity index (χ2n) is 4.94. The standard InChI is InChI=1S/C15H19N3/c1-18-14-10-6-5-9-13(14)17-15(18)11-16-12-7-3-2-4-8-12/h2-3,5-6,9-10,12,16H,4,7-8,11H2,1H3. The number of nitrogens with zero attached hydrogens (tertiary/aromatic N) is 2. The van der Waals surface area contributed by atoms with E-state index in [0.29, 0.717) is 6.04 Å². The summed E-state index contributed by atoms with van der Waals surface area (Å²) in [5, 5.41) is 3.61. The SMILES string of the molecule is Cn1c(CNC2CC=CCC2)nc2ccccc21. The van der Waals surface area contributed by atoms with Gasteiger partial charge in [0.25, 0.3) is 0 Å². The molecule has 0 spiro atoms. The lowest BCUT2D eigenvalue weighted by molar-refractivity contribution is 0.464. The summed E-state index contributed by atoms with van der Waals surface area (Å²) in [4.78, 5) is 4.68. The highest BCUT2D eigenvalue weighted by Gasteiger charge is 2.11. The molecule has 1 aromatic heterocycles. The molecule has 1 aliphatic rings. The zero-order chi connectivity index (χ0) is 12.4. The Bertz CT molecular complexity index is 568. The van der Waals surface area contributed by atoms with Crippen LogP contribution in [0.25, 0.3) is 11.0 Å². The van der Waals surface area contributed by atoms with Gasteiger partial charge in [0.2, 0.25) is 0 Å². The molecule has 1 aliphatic carbocycles. The van der Waals surface area contributed by atoms with Crippen LogP contribution < -0.4 is 5.32 Å². The van der Waals surface area contributed by atoms with Gasteiger partial charge in [0.15, 0.2) is 0 Å². The van der Waals surface area contributed by atoms with Crippen molar-refractivity contribution in [2.75, 3.05) is 0 Å². The van der Waals surface area contributed by atoms with Crippen LogP contribution in [0.15, 0.2) is 36.4 Å². The van der Waals surface area contributed by atoms with Gasteiger partial charge in [-0.1, -0.05) is 24.3 Å². The Morgan fingerprint density at radius 1 is 1.33 bits per heavy atom. The first-order chi connectivity index (χ1) is 8.84. The van der Waals surface area contributed by atoms with Crippen molar-refractivity contribution in [3.05, 3.63) is 42.2 Å². The molecule has 1 atom stereocenters. The number of rotatable bonds is 3. The van der Waals surface area contributed by atoms with Crippen molar-refractivity contribution < 1.29 is 0 Å². The molecule has 18 heavy (non-hydrogen) atoms. The van der Waals surface area contributed by atoms with E-state index in [1.54, 1.807) is 0 Å². The minimum atomic E-state index is 0.606. The van der Waals surface area contributed by atoms with E-state index in [4.69, 9.17) is 0 Å². The fourth-order valence-electron chi connectivity index (χ4n) is 2.57. The van der Waals surface area contributed by atoms with E-state index in [1.807, 2.05) is 6.07 Å². The predicted molar refractivity (Wildman–Crippen MR) is 74.3 cm³/mol. The molecule has 1 aromatic carbocycles. The van der Waals surface area contributed by atoms with Crippen molar-refractivity contribution in [2.24, 2.45) is 7.05 Å². The summed E-state index contributed by atoms with van der Waals surface area (Å²) in [5.74, 6) is 1.12. The predicted octanol–water partition coefficient (Wildman–Crippen LogP) is 2.77. The molecule has 2 aromatic rings. The van der Waals surface area contributed by atoms with Gasteiger partial charge in [-0.25, -0.2) is 4.98 Å². The van der Waals surface area contributed by atoms with Crippen LogP contribution in [0.1, 0.15) is 25.1 Å². The molecule has 3 heteroatoms. The van der Waals surface area contributed by atoms with Gasteiger partial charge < -0.3 is 9.88 Å². The second-order valence-corrected chi connectivity index (χ2v) is 4.94. The zero-order valence-corrected chi connectivity index (χ0v) is 10.8. The van der Waals surface area contributed by atoms with E-state index in [9.17, 15) is 0 Å². The van der Waals surface area contributed by atoms with Crippen LogP contribution in [0.2, 0.25) is 0 Å². The fraction of sp³-hybridized carbons (Fsp3) is 0.400. The number of aromatic nitrogens is 2. The maximum atomic E-state index is 4.68. The van der Waals surface area contributed by atoms with Gasteiger partial charge in [0.05, 0.1) is 17.6 Å². The average Bonchev–Trinajstić information content (AvgIpc) is 2.75. The smallest absolute Gasteiger partial charge is 0.123 e. The first kappa shape index (κ1) is 11.5. The summed E-state index contributed by atoms with van der Waals surface area (Å²) in [6.45, 7) is 0.851. The van der Waals surface area contributed by atoms with Crippen molar-refractivity contribution in [3.8, 4) is 0 Å². The Morgan fingerprint density at radius 3 is 3.00 bits per heavy atom. The minimum Gasteiger partial charge on any atom is -0.330 e. The van der Waals surface area contributed by atoms with Crippen molar-refractivity contribution >= 4 is 11.0 Å². The Morgan fingerprint density at radius 2 is 2.22 bits per heavy atom.